The van der Waals surface area contributed by atoms with Gasteiger partial charge in [0.25, 0.3) is 0 Å². The number of nitrogens with zero attached hydrogens (tertiary/aromatic N) is 3. The number of hydrogen-bond donors (Lipinski definition) is 2. The first kappa shape index (κ1) is 18.8. The number of aliphatic hydroxyl groups excluding tert-OH is 1. The molecule has 0 bridgehead atoms. The number of carbonyl (C=O) groups is 1. The Morgan fingerprint density at radius 1 is 1.52 bits per heavy atom. The summed E-state index contributed by atoms with van der Waals surface area (Å²) in [4.78, 5) is 17.9. The van der Waals surface area contributed by atoms with E-state index in [1.54, 1.807) is 13.1 Å². The fraction of sp³-hybridized carbons (Fsp3) is 0.353. The van der Waals surface area contributed by atoms with Gasteiger partial charge in [0.1, 0.15) is 5.76 Å². The molecule has 134 valence electrons. The zero-order valence-corrected chi connectivity index (χ0v) is 15.2. The number of nitrogens with two attached hydrogens (primary N) is 1. The van der Waals surface area contributed by atoms with Gasteiger partial charge >= 0.3 is 11.8 Å². The van der Waals surface area contributed by atoms with Crippen LogP contribution in [0.15, 0.2) is 44.8 Å². The number of rotatable bonds is 5. The van der Waals surface area contributed by atoms with E-state index in [2.05, 4.69) is 10.1 Å². The third kappa shape index (κ3) is 4.51. The Labute approximate surface area is 151 Å². The SMILES string of the molecule is CCC1=CC(c2noc(C(=O)N(C)C/C(C)=C/N)n2)=CC(Cl)=C(O)C1. The molecule has 1 aliphatic carbocycles. The van der Waals surface area contributed by atoms with E-state index in [1.807, 2.05) is 19.9 Å². The molecule has 1 heterocycles. The Kier molecular flexibility index (Phi) is 6.03. The zero-order chi connectivity index (χ0) is 18.6. The summed E-state index contributed by atoms with van der Waals surface area (Å²) in [5, 5.41) is 14.0. The summed E-state index contributed by atoms with van der Waals surface area (Å²) in [5.74, 6) is -0.198. The van der Waals surface area contributed by atoms with Crippen molar-refractivity contribution in [2.45, 2.75) is 26.7 Å². The van der Waals surface area contributed by atoms with Gasteiger partial charge in [0.05, 0.1) is 5.03 Å². The highest BCUT2D eigenvalue weighted by molar-refractivity contribution is 6.32. The normalized spacial score (nSPS) is 15.6. The molecule has 0 atom stereocenters. The van der Waals surface area contributed by atoms with Crippen molar-refractivity contribution >= 4 is 23.1 Å². The van der Waals surface area contributed by atoms with Gasteiger partial charge < -0.3 is 20.3 Å². The van der Waals surface area contributed by atoms with Crippen LogP contribution in [0.1, 0.15) is 43.2 Å². The van der Waals surface area contributed by atoms with Gasteiger partial charge in [0, 0.05) is 25.6 Å². The van der Waals surface area contributed by atoms with Crippen molar-refractivity contribution < 1.29 is 14.4 Å². The van der Waals surface area contributed by atoms with E-state index in [1.165, 1.54) is 11.1 Å². The Morgan fingerprint density at radius 3 is 2.88 bits per heavy atom. The minimum absolute atomic E-state index is 0.0911. The standard InChI is InChI=1S/C17H21ClN4O3/c1-4-11-5-12(7-13(18)14(23)6-11)15-20-16(25-21-15)17(24)22(3)9-10(2)8-19/h5,7-8,23H,4,6,9,19H2,1-3H3/b10-8+. The van der Waals surface area contributed by atoms with Crippen molar-refractivity contribution in [3.63, 3.8) is 0 Å². The van der Waals surface area contributed by atoms with E-state index >= 15 is 0 Å². The third-order valence-corrected chi connectivity index (χ3v) is 4.08. The molecule has 25 heavy (non-hydrogen) atoms. The minimum atomic E-state index is -0.404. The van der Waals surface area contributed by atoms with Gasteiger partial charge in [-0.1, -0.05) is 35.3 Å². The molecule has 0 radical (unpaired) electrons. The first-order valence-electron chi connectivity index (χ1n) is 7.81. The topological polar surface area (TPSA) is 105 Å². The lowest BCUT2D eigenvalue weighted by Gasteiger charge is -2.14. The molecule has 1 aromatic heterocycles. The maximum absolute atomic E-state index is 12.3. The summed E-state index contributed by atoms with van der Waals surface area (Å²) in [6, 6.07) is 0. The van der Waals surface area contributed by atoms with Crippen LogP contribution < -0.4 is 5.73 Å². The van der Waals surface area contributed by atoms with Crippen LogP contribution in [0.3, 0.4) is 0 Å². The second-order valence-electron chi connectivity index (χ2n) is 5.82. The molecule has 1 aliphatic rings. The molecular formula is C17H21ClN4O3. The molecule has 0 aliphatic heterocycles. The Hall–Kier alpha value is -2.54. The smallest absolute Gasteiger partial charge is 0.316 e. The molecule has 0 aromatic carbocycles. The molecule has 7 nitrogen and oxygen atoms in total. The summed E-state index contributed by atoms with van der Waals surface area (Å²) in [6.45, 7) is 4.15. The van der Waals surface area contributed by atoms with Gasteiger partial charge in [-0.15, -0.1) is 0 Å². The maximum Gasteiger partial charge on any atom is 0.316 e. The first-order chi connectivity index (χ1) is 11.8. The van der Waals surface area contributed by atoms with E-state index in [4.69, 9.17) is 21.9 Å². The fourth-order valence-corrected chi connectivity index (χ4v) is 2.46. The van der Waals surface area contributed by atoms with Crippen LogP contribution in [-0.2, 0) is 0 Å². The maximum atomic E-state index is 12.3. The summed E-state index contributed by atoms with van der Waals surface area (Å²) < 4.78 is 5.09. The Bertz CT molecular complexity index is 790. The molecule has 8 heteroatoms. The van der Waals surface area contributed by atoms with Crippen LogP contribution in [0.25, 0.3) is 5.57 Å². The highest BCUT2D eigenvalue weighted by atomic mass is 35.5. The molecule has 0 saturated carbocycles. The van der Waals surface area contributed by atoms with Crippen LogP contribution in [0, 0.1) is 0 Å². The molecule has 1 aromatic rings. The van der Waals surface area contributed by atoms with Crippen LogP contribution in [-0.4, -0.2) is 39.6 Å². The van der Waals surface area contributed by atoms with Crippen LogP contribution in [0.5, 0.6) is 0 Å². The monoisotopic (exact) mass is 364 g/mol. The quantitative estimate of drug-likeness (QED) is 0.831. The zero-order valence-electron chi connectivity index (χ0n) is 14.4. The van der Waals surface area contributed by atoms with Crippen molar-refractivity contribution in [1.29, 1.82) is 0 Å². The van der Waals surface area contributed by atoms with Gasteiger partial charge in [0.2, 0.25) is 5.82 Å². The summed E-state index contributed by atoms with van der Waals surface area (Å²) >= 11 is 6.07. The van der Waals surface area contributed by atoms with Crippen molar-refractivity contribution in [2.24, 2.45) is 5.73 Å². The fourth-order valence-electron chi connectivity index (χ4n) is 2.28. The van der Waals surface area contributed by atoms with E-state index in [0.717, 1.165) is 17.6 Å². The molecule has 0 saturated heterocycles. The average Bonchev–Trinajstić information content (AvgIpc) is 3.03. The van der Waals surface area contributed by atoms with E-state index in [0.29, 0.717) is 18.5 Å². The minimum Gasteiger partial charge on any atom is -0.510 e. The molecule has 0 fully saturated rings. The van der Waals surface area contributed by atoms with Gasteiger partial charge in [0.15, 0.2) is 0 Å². The van der Waals surface area contributed by atoms with Gasteiger partial charge in [-0.2, -0.15) is 4.98 Å². The lowest BCUT2D eigenvalue weighted by Crippen LogP contribution is -2.28. The molecular weight excluding hydrogens is 344 g/mol. The predicted octanol–water partition coefficient (Wildman–Crippen LogP) is 3.14. The number of likely N-dealkylation sites (N-methyl/N-ethyl adjacent to an activating group) is 1. The lowest BCUT2D eigenvalue weighted by molar-refractivity contribution is 0.0758. The highest BCUT2D eigenvalue weighted by Gasteiger charge is 2.22. The Balaban J connectivity index is 2.28. The summed E-state index contributed by atoms with van der Waals surface area (Å²) in [5.41, 5.74) is 7.81. The third-order valence-electron chi connectivity index (χ3n) is 3.75. The van der Waals surface area contributed by atoms with Crippen molar-refractivity contribution in [2.75, 3.05) is 13.6 Å². The summed E-state index contributed by atoms with van der Waals surface area (Å²) in [6.07, 6.45) is 5.95. The van der Waals surface area contributed by atoms with Gasteiger partial charge in [-0.25, -0.2) is 0 Å². The predicted molar refractivity (Wildman–Crippen MR) is 95.7 cm³/mol. The van der Waals surface area contributed by atoms with Crippen molar-refractivity contribution in [1.82, 2.24) is 15.0 Å². The van der Waals surface area contributed by atoms with E-state index in [9.17, 15) is 9.90 Å². The molecule has 3 N–H and O–H groups in total. The largest absolute Gasteiger partial charge is 0.510 e. The molecule has 1 amide bonds. The van der Waals surface area contributed by atoms with E-state index in [-0.39, 0.29) is 22.5 Å². The Morgan fingerprint density at radius 2 is 2.24 bits per heavy atom. The second kappa shape index (κ2) is 8.02. The first-order valence-corrected chi connectivity index (χ1v) is 8.19. The number of amides is 1. The number of halogens is 1. The second-order valence-corrected chi connectivity index (χ2v) is 6.23. The van der Waals surface area contributed by atoms with Gasteiger partial charge in [-0.3, -0.25) is 4.79 Å². The number of carbonyl (C=O) groups excluding carboxylic acids is 1. The highest BCUT2D eigenvalue weighted by Crippen LogP contribution is 2.29. The lowest BCUT2D eigenvalue weighted by atomic mass is 10.1. The number of aromatic nitrogens is 2. The van der Waals surface area contributed by atoms with Crippen LogP contribution in [0.4, 0.5) is 0 Å². The number of hydrogen-bond acceptors (Lipinski definition) is 6. The van der Waals surface area contributed by atoms with Crippen molar-refractivity contribution in [3.05, 3.63) is 52.0 Å². The van der Waals surface area contributed by atoms with Crippen LogP contribution >= 0.6 is 11.6 Å². The molecule has 0 unspecified atom stereocenters. The average molecular weight is 365 g/mol. The van der Waals surface area contributed by atoms with Crippen molar-refractivity contribution in [3.8, 4) is 0 Å². The van der Waals surface area contributed by atoms with E-state index < -0.39 is 5.91 Å². The van der Waals surface area contributed by atoms with Crippen LogP contribution in [0.2, 0.25) is 0 Å². The molecule has 2 rings (SSSR count). The van der Waals surface area contributed by atoms with Gasteiger partial charge in [-0.05, 0) is 31.2 Å². The number of aliphatic hydroxyl groups is 1. The summed E-state index contributed by atoms with van der Waals surface area (Å²) in [7, 11) is 1.62. The number of allylic oxidation sites excluding steroid dienone is 5. The molecule has 0 spiro atoms.